The van der Waals surface area contributed by atoms with E-state index in [4.69, 9.17) is 4.74 Å². The fraction of sp³-hybridized carbons (Fsp3) is 0.583. The van der Waals surface area contributed by atoms with Crippen molar-refractivity contribution in [2.24, 2.45) is 0 Å². The number of carbonyl (C=O) groups excluding carboxylic acids is 1. The van der Waals surface area contributed by atoms with Crippen molar-refractivity contribution in [2.45, 2.75) is 13.5 Å². The lowest BCUT2D eigenvalue weighted by Crippen LogP contribution is -2.33. The quantitative estimate of drug-likeness (QED) is 0.649. The summed E-state index contributed by atoms with van der Waals surface area (Å²) in [7, 11) is 1.65. The fourth-order valence-corrected chi connectivity index (χ4v) is 1.54. The summed E-state index contributed by atoms with van der Waals surface area (Å²) in [5.41, 5.74) is 0.679. The molecule has 0 radical (unpaired) electrons. The maximum absolute atomic E-state index is 11.9. The number of nitrogens with zero attached hydrogens (tertiary/aromatic N) is 1. The summed E-state index contributed by atoms with van der Waals surface area (Å²) in [5, 5.41) is 6.03. The van der Waals surface area contributed by atoms with Gasteiger partial charge in [-0.05, 0) is 18.7 Å². The van der Waals surface area contributed by atoms with Gasteiger partial charge in [0.15, 0.2) is 0 Å². The predicted molar refractivity (Wildman–Crippen MR) is 67.2 cm³/mol. The molecule has 1 aromatic rings. The number of hydrogen-bond acceptors (Lipinski definition) is 3. The van der Waals surface area contributed by atoms with E-state index < -0.39 is 0 Å². The van der Waals surface area contributed by atoms with E-state index >= 15 is 0 Å². The highest BCUT2D eigenvalue weighted by Gasteiger charge is 2.09. The van der Waals surface area contributed by atoms with Gasteiger partial charge in [-0.2, -0.15) is 0 Å². The monoisotopic (exact) mass is 239 g/mol. The summed E-state index contributed by atoms with van der Waals surface area (Å²) in [5.74, 6) is -0.0380. The zero-order valence-corrected chi connectivity index (χ0v) is 10.5. The van der Waals surface area contributed by atoms with Crippen LogP contribution in [0.2, 0.25) is 0 Å². The normalized spacial score (nSPS) is 10.5. The lowest BCUT2D eigenvalue weighted by Gasteiger charge is -2.09. The summed E-state index contributed by atoms with van der Waals surface area (Å²) in [6.07, 6.45) is 1.89. The Hall–Kier alpha value is -1.33. The molecule has 0 unspecified atom stereocenters. The molecule has 0 fully saturated rings. The third kappa shape index (κ3) is 4.58. The van der Waals surface area contributed by atoms with Crippen molar-refractivity contribution in [3.63, 3.8) is 0 Å². The Kier molecular flexibility index (Phi) is 6.35. The summed E-state index contributed by atoms with van der Waals surface area (Å²) in [6, 6.07) is 3.69. The number of likely N-dealkylation sites (N-methyl/N-ethyl adjacent to an activating group) is 1. The highest BCUT2D eigenvalue weighted by molar-refractivity contribution is 5.92. The molecule has 1 amide bonds. The molecule has 0 saturated heterocycles. The van der Waals surface area contributed by atoms with Gasteiger partial charge in [-0.25, -0.2) is 0 Å². The fourth-order valence-electron chi connectivity index (χ4n) is 1.54. The Bertz CT molecular complexity index is 336. The second-order valence-corrected chi connectivity index (χ2v) is 3.69. The first-order chi connectivity index (χ1) is 8.29. The predicted octanol–water partition coefficient (Wildman–Crippen LogP) is 0.474. The molecule has 0 aliphatic rings. The number of carbonyl (C=O) groups is 1. The average Bonchev–Trinajstić information content (AvgIpc) is 2.80. The first-order valence-corrected chi connectivity index (χ1v) is 5.92. The molecule has 0 bridgehead atoms. The number of amides is 1. The van der Waals surface area contributed by atoms with E-state index in [1.54, 1.807) is 7.11 Å². The second kappa shape index (κ2) is 7.86. The minimum Gasteiger partial charge on any atom is -0.383 e. The van der Waals surface area contributed by atoms with Crippen molar-refractivity contribution < 1.29 is 9.53 Å². The van der Waals surface area contributed by atoms with E-state index in [0.29, 0.717) is 25.4 Å². The minimum absolute atomic E-state index is 0.0380. The van der Waals surface area contributed by atoms with Gasteiger partial charge in [0, 0.05) is 32.9 Å². The van der Waals surface area contributed by atoms with Crippen molar-refractivity contribution in [2.75, 3.05) is 33.4 Å². The van der Waals surface area contributed by atoms with Crippen molar-refractivity contribution in [1.82, 2.24) is 15.2 Å². The molecule has 0 spiro atoms. The van der Waals surface area contributed by atoms with Crippen LogP contribution in [0.25, 0.3) is 0 Å². The lowest BCUT2D eigenvalue weighted by molar-refractivity contribution is 0.0942. The largest absolute Gasteiger partial charge is 0.383 e. The second-order valence-electron chi connectivity index (χ2n) is 3.69. The van der Waals surface area contributed by atoms with Gasteiger partial charge in [0.25, 0.3) is 5.91 Å². The maximum Gasteiger partial charge on any atom is 0.267 e. The molecule has 0 aliphatic heterocycles. The summed E-state index contributed by atoms with van der Waals surface area (Å²) >= 11 is 0. The Morgan fingerprint density at radius 3 is 3.00 bits per heavy atom. The molecule has 5 heteroatoms. The number of hydrogen-bond donors (Lipinski definition) is 2. The van der Waals surface area contributed by atoms with E-state index in [2.05, 4.69) is 10.6 Å². The Balaban J connectivity index is 2.42. The summed E-state index contributed by atoms with van der Waals surface area (Å²) in [4.78, 5) is 11.9. The van der Waals surface area contributed by atoms with Crippen LogP contribution >= 0.6 is 0 Å². The topological polar surface area (TPSA) is 55.3 Å². The first-order valence-electron chi connectivity index (χ1n) is 5.92. The molecule has 2 N–H and O–H groups in total. The number of rotatable bonds is 8. The first kappa shape index (κ1) is 13.7. The molecule has 1 aromatic heterocycles. The molecular weight excluding hydrogens is 218 g/mol. The maximum atomic E-state index is 11.9. The van der Waals surface area contributed by atoms with Crippen molar-refractivity contribution >= 4 is 5.91 Å². The van der Waals surface area contributed by atoms with Crippen LogP contribution in [-0.2, 0) is 11.3 Å². The summed E-state index contributed by atoms with van der Waals surface area (Å²) in [6.45, 7) is 5.69. The number of ether oxygens (including phenoxy) is 1. The number of aromatic nitrogens is 1. The van der Waals surface area contributed by atoms with Crippen molar-refractivity contribution in [3.05, 3.63) is 24.0 Å². The molecule has 0 aliphatic carbocycles. The lowest BCUT2D eigenvalue weighted by atomic mass is 10.4. The van der Waals surface area contributed by atoms with Crippen LogP contribution in [0.5, 0.6) is 0 Å². The molecule has 5 nitrogen and oxygen atoms in total. The van der Waals surface area contributed by atoms with E-state index in [0.717, 1.165) is 13.1 Å². The molecular formula is C12H21N3O2. The highest BCUT2D eigenvalue weighted by atomic mass is 16.5. The average molecular weight is 239 g/mol. The summed E-state index contributed by atoms with van der Waals surface area (Å²) < 4.78 is 6.90. The van der Waals surface area contributed by atoms with Crippen LogP contribution in [0.15, 0.2) is 18.3 Å². The number of nitrogens with one attached hydrogen (secondary N) is 2. The van der Waals surface area contributed by atoms with Crippen LogP contribution in [0.3, 0.4) is 0 Å². The van der Waals surface area contributed by atoms with Gasteiger partial charge in [0.05, 0.1) is 6.61 Å². The molecule has 17 heavy (non-hydrogen) atoms. The van der Waals surface area contributed by atoms with Gasteiger partial charge >= 0.3 is 0 Å². The Labute approximate surface area is 102 Å². The third-order valence-corrected chi connectivity index (χ3v) is 2.44. The van der Waals surface area contributed by atoms with Crippen LogP contribution in [0.4, 0.5) is 0 Å². The SMILES string of the molecule is CCNCCNC(=O)c1cccn1CCOC. The zero-order chi connectivity index (χ0) is 12.5. The molecule has 96 valence electrons. The van der Waals surface area contributed by atoms with E-state index in [-0.39, 0.29) is 5.91 Å². The molecule has 1 heterocycles. The van der Waals surface area contributed by atoms with Crippen molar-refractivity contribution in [3.8, 4) is 0 Å². The standard InChI is InChI=1S/C12H21N3O2/c1-3-13-6-7-14-12(16)11-5-4-8-15(11)9-10-17-2/h4-5,8,13H,3,6-7,9-10H2,1-2H3,(H,14,16). The van der Waals surface area contributed by atoms with Gasteiger partial charge < -0.3 is 19.9 Å². The van der Waals surface area contributed by atoms with E-state index in [1.165, 1.54) is 0 Å². The van der Waals surface area contributed by atoms with Crippen molar-refractivity contribution in [1.29, 1.82) is 0 Å². The minimum atomic E-state index is -0.0380. The van der Waals surface area contributed by atoms with Gasteiger partial charge in [-0.1, -0.05) is 6.92 Å². The van der Waals surface area contributed by atoms with Gasteiger partial charge in [-0.15, -0.1) is 0 Å². The van der Waals surface area contributed by atoms with E-state index in [9.17, 15) is 4.79 Å². The third-order valence-electron chi connectivity index (χ3n) is 2.44. The molecule has 0 atom stereocenters. The highest BCUT2D eigenvalue weighted by Crippen LogP contribution is 2.02. The molecule has 1 rings (SSSR count). The Morgan fingerprint density at radius 1 is 1.47 bits per heavy atom. The zero-order valence-electron chi connectivity index (χ0n) is 10.5. The number of methoxy groups -OCH3 is 1. The van der Waals surface area contributed by atoms with Crippen LogP contribution in [0.1, 0.15) is 17.4 Å². The van der Waals surface area contributed by atoms with E-state index in [1.807, 2.05) is 29.8 Å². The van der Waals surface area contributed by atoms with Crippen LogP contribution < -0.4 is 10.6 Å². The molecule has 0 saturated carbocycles. The van der Waals surface area contributed by atoms with Crippen LogP contribution in [0, 0.1) is 0 Å². The smallest absolute Gasteiger partial charge is 0.267 e. The van der Waals surface area contributed by atoms with Gasteiger partial charge in [0.2, 0.25) is 0 Å². The van der Waals surface area contributed by atoms with Gasteiger partial charge in [0.1, 0.15) is 5.69 Å². The van der Waals surface area contributed by atoms with Gasteiger partial charge in [-0.3, -0.25) is 4.79 Å². The Morgan fingerprint density at radius 2 is 2.29 bits per heavy atom. The van der Waals surface area contributed by atoms with Crippen LogP contribution in [-0.4, -0.2) is 43.8 Å². The molecule has 0 aromatic carbocycles.